The molecule has 0 amide bonds. The second-order valence-corrected chi connectivity index (χ2v) is 8.37. The standard InChI is InChI=1S/C23H24ClN3/c1-15-10-19-16(12-25-15)4-3-5-17(19)13-27-22-7-6-18(24)11-20(22)21-14-26(2)9-8-23(21)27/h6-7,10-13H,3-5,8-9,14H2,1-2H3. The average molecular weight is 378 g/mol. The maximum atomic E-state index is 6.34. The molecule has 27 heavy (non-hydrogen) atoms. The van der Waals surface area contributed by atoms with Gasteiger partial charge >= 0.3 is 0 Å². The first-order valence-corrected chi connectivity index (χ1v) is 10.1. The summed E-state index contributed by atoms with van der Waals surface area (Å²) in [5.41, 5.74) is 9.42. The van der Waals surface area contributed by atoms with Gasteiger partial charge in [0.2, 0.25) is 0 Å². The fourth-order valence-corrected chi connectivity index (χ4v) is 4.80. The van der Waals surface area contributed by atoms with E-state index in [2.05, 4.69) is 59.0 Å². The molecule has 0 saturated heterocycles. The van der Waals surface area contributed by atoms with Gasteiger partial charge in [-0.25, -0.2) is 0 Å². The molecule has 0 saturated carbocycles. The summed E-state index contributed by atoms with van der Waals surface area (Å²) in [6.07, 6.45) is 8.97. The molecule has 1 aromatic carbocycles. The largest absolute Gasteiger partial charge is 0.320 e. The third kappa shape index (κ3) is 2.90. The van der Waals surface area contributed by atoms with Crippen molar-refractivity contribution in [1.82, 2.24) is 14.5 Å². The Kier molecular flexibility index (Phi) is 4.10. The number of allylic oxidation sites excluding steroid dienone is 1. The molecule has 5 rings (SSSR count). The number of benzene rings is 1. The lowest BCUT2D eigenvalue weighted by molar-refractivity contribution is 0.312. The Bertz CT molecular complexity index is 1080. The van der Waals surface area contributed by atoms with Gasteiger partial charge in [0.15, 0.2) is 0 Å². The van der Waals surface area contributed by atoms with Crippen LogP contribution in [0.25, 0.3) is 22.7 Å². The van der Waals surface area contributed by atoms with E-state index in [4.69, 9.17) is 11.6 Å². The Morgan fingerprint density at radius 2 is 2.04 bits per heavy atom. The summed E-state index contributed by atoms with van der Waals surface area (Å²) in [5.74, 6) is 0. The number of pyridine rings is 1. The molecular weight excluding hydrogens is 354 g/mol. The average Bonchev–Trinajstić information content (AvgIpc) is 2.94. The van der Waals surface area contributed by atoms with Crippen LogP contribution in [0.4, 0.5) is 0 Å². The monoisotopic (exact) mass is 377 g/mol. The second kappa shape index (κ2) is 6.50. The number of fused-ring (bicyclic) bond motifs is 4. The molecular formula is C23H24ClN3. The lowest BCUT2D eigenvalue weighted by atomic mass is 9.88. The van der Waals surface area contributed by atoms with Crippen molar-refractivity contribution >= 4 is 34.3 Å². The molecule has 0 spiro atoms. The van der Waals surface area contributed by atoms with Crippen LogP contribution in [-0.2, 0) is 19.4 Å². The third-order valence-electron chi connectivity index (χ3n) is 5.99. The number of aromatic nitrogens is 2. The van der Waals surface area contributed by atoms with E-state index in [0.29, 0.717) is 0 Å². The zero-order valence-electron chi connectivity index (χ0n) is 15.9. The molecule has 0 fully saturated rings. The summed E-state index contributed by atoms with van der Waals surface area (Å²) < 4.78 is 2.44. The molecule has 138 valence electrons. The van der Waals surface area contributed by atoms with Gasteiger partial charge in [0.1, 0.15) is 0 Å². The molecule has 3 heterocycles. The number of hydrogen-bond donors (Lipinski definition) is 0. The van der Waals surface area contributed by atoms with Crippen molar-refractivity contribution in [3.8, 4) is 0 Å². The molecule has 0 unspecified atom stereocenters. The zero-order valence-corrected chi connectivity index (χ0v) is 16.7. The minimum Gasteiger partial charge on any atom is -0.320 e. The zero-order chi connectivity index (χ0) is 18.5. The number of hydrogen-bond acceptors (Lipinski definition) is 2. The molecule has 0 N–H and O–H groups in total. The topological polar surface area (TPSA) is 21.1 Å². The van der Waals surface area contributed by atoms with Gasteiger partial charge in [-0.15, -0.1) is 0 Å². The quantitative estimate of drug-likeness (QED) is 0.572. The highest BCUT2D eigenvalue weighted by atomic mass is 35.5. The van der Waals surface area contributed by atoms with E-state index in [-0.39, 0.29) is 0 Å². The van der Waals surface area contributed by atoms with Gasteiger partial charge < -0.3 is 9.47 Å². The van der Waals surface area contributed by atoms with Gasteiger partial charge in [0.05, 0.1) is 5.52 Å². The van der Waals surface area contributed by atoms with Crippen molar-refractivity contribution in [2.75, 3.05) is 13.6 Å². The van der Waals surface area contributed by atoms with Gasteiger partial charge in [-0.3, -0.25) is 4.98 Å². The van der Waals surface area contributed by atoms with E-state index in [0.717, 1.165) is 43.1 Å². The molecule has 3 aromatic rings. The highest BCUT2D eigenvalue weighted by Crippen LogP contribution is 2.36. The summed E-state index contributed by atoms with van der Waals surface area (Å²) in [4.78, 5) is 6.90. The van der Waals surface area contributed by atoms with Crippen molar-refractivity contribution in [2.45, 2.75) is 39.2 Å². The van der Waals surface area contributed by atoms with Crippen LogP contribution in [0.3, 0.4) is 0 Å². The van der Waals surface area contributed by atoms with Crippen molar-refractivity contribution in [2.24, 2.45) is 0 Å². The molecule has 0 atom stereocenters. The Hall–Kier alpha value is -2.10. The summed E-state index contributed by atoms with van der Waals surface area (Å²) in [7, 11) is 2.20. The maximum Gasteiger partial charge on any atom is 0.0529 e. The minimum absolute atomic E-state index is 0.813. The van der Waals surface area contributed by atoms with Crippen LogP contribution in [0.2, 0.25) is 5.02 Å². The highest BCUT2D eigenvalue weighted by Gasteiger charge is 2.23. The third-order valence-corrected chi connectivity index (χ3v) is 6.22. The van der Waals surface area contributed by atoms with Crippen LogP contribution < -0.4 is 0 Å². The molecule has 2 aromatic heterocycles. The van der Waals surface area contributed by atoms with Gasteiger partial charge in [-0.2, -0.15) is 0 Å². The normalized spacial score (nSPS) is 18.7. The molecule has 0 bridgehead atoms. The number of aryl methyl sites for hydroxylation is 2. The predicted octanol–water partition coefficient (Wildman–Crippen LogP) is 5.32. The Morgan fingerprint density at radius 1 is 1.15 bits per heavy atom. The Balaban J connectivity index is 1.73. The van der Waals surface area contributed by atoms with E-state index < -0.39 is 0 Å². The van der Waals surface area contributed by atoms with E-state index in [1.54, 1.807) is 0 Å². The molecule has 0 radical (unpaired) electrons. The summed E-state index contributed by atoms with van der Waals surface area (Å²) >= 11 is 6.34. The predicted molar refractivity (Wildman–Crippen MR) is 113 cm³/mol. The first kappa shape index (κ1) is 17.0. The Morgan fingerprint density at radius 3 is 2.93 bits per heavy atom. The van der Waals surface area contributed by atoms with E-state index in [9.17, 15) is 0 Å². The number of rotatable bonds is 1. The van der Waals surface area contributed by atoms with E-state index >= 15 is 0 Å². The van der Waals surface area contributed by atoms with Crippen LogP contribution in [0.1, 0.15) is 40.9 Å². The van der Waals surface area contributed by atoms with Crippen LogP contribution in [-0.4, -0.2) is 28.0 Å². The number of nitrogens with zero attached hydrogens (tertiary/aromatic N) is 3. The molecule has 1 aliphatic heterocycles. The van der Waals surface area contributed by atoms with Gasteiger partial charge in [0, 0.05) is 53.7 Å². The Labute approximate surface area is 165 Å². The van der Waals surface area contributed by atoms with Crippen LogP contribution in [0, 0.1) is 6.92 Å². The number of likely N-dealkylation sites (N-methyl/N-ethyl adjacent to an activating group) is 1. The van der Waals surface area contributed by atoms with E-state index in [1.165, 1.54) is 45.3 Å². The van der Waals surface area contributed by atoms with Gasteiger partial charge in [-0.05, 0) is 79.8 Å². The van der Waals surface area contributed by atoms with Crippen LogP contribution >= 0.6 is 11.6 Å². The molecule has 4 heteroatoms. The highest BCUT2D eigenvalue weighted by molar-refractivity contribution is 6.31. The SMILES string of the molecule is Cc1cc2c(cn1)CCCC2=Cn1c2c(c3cc(Cl)ccc31)CN(C)CC2. The lowest BCUT2D eigenvalue weighted by Gasteiger charge is -2.24. The van der Waals surface area contributed by atoms with E-state index in [1.807, 2.05) is 6.07 Å². The lowest BCUT2D eigenvalue weighted by Crippen LogP contribution is -2.26. The smallest absolute Gasteiger partial charge is 0.0529 e. The van der Waals surface area contributed by atoms with Crippen LogP contribution in [0.5, 0.6) is 0 Å². The molecule has 3 nitrogen and oxygen atoms in total. The maximum absolute atomic E-state index is 6.34. The van der Waals surface area contributed by atoms with Gasteiger partial charge in [0.25, 0.3) is 0 Å². The summed E-state index contributed by atoms with van der Waals surface area (Å²) in [6.45, 7) is 4.17. The molecule has 2 aliphatic rings. The fraction of sp³-hybridized carbons (Fsp3) is 0.348. The van der Waals surface area contributed by atoms with Gasteiger partial charge in [-0.1, -0.05) is 11.6 Å². The first-order chi connectivity index (χ1) is 13.1. The van der Waals surface area contributed by atoms with Crippen LogP contribution in [0.15, 0.2) is 30.5 Å². The minimum atomic E-state index is 0.813. The summed E-state index contributed by atoms with van der Waals surface area (Å²) in [6, 6.07) is 8.57. The van der Waals surface area contributed by atoms with Crippen molar-refractivity contribution in [1.29, 1.82) is 0 Å². The molecule has 1 aliphatic carbocycles. The van der Waals surface area contributed by atoms with Crippen molar-refractivity contribution in [3.63, 3.8) is 0 Å². The first-order valence-electron chi connectivity index (χ1n) is 9.76. The summed E-state index contributed by atoms with van der Waals surface area (Å²) in [5, 5.41) is 2.11. The van der Waals surface area contributed by atoms with Crippen molar-refractivity contribution in [3.05, 3.63) is 63.6 Å². The fourth-order valence-electron chi connectivity index (χ4n) is 4.63. The number of halogens is 1. The second-order valence-electron chi connectivity index (χ2n) is 7.94. The van der Waals surface area contributed by atoms with Crippen molar-refractivity contribution < 1.29 is 0 Å².